The van der Waals surface area contributed by atoms with E-state index in [9.17, 15) is 9.59 Å². The fourth-order valence-electron chi connectivity index (χ4n) is 3.53. The maximum atomic E-state index is 12.8. The normalized spacial score (nSPS) is 14.7. The van der Waals surface area contributed by atoms with Crippen molar-refractivity contribution >= 4 is 28.4 Å². The van der Waals surface area contributed by atoms with Crippen molar-refractivity contribution in [3.63, 3.8) is 0 Å². The number of amides is 2. The Morgan fingerprint density at radius 2 is 1.79 bits per heavy atom. The summed E-state index contributed by atoms with van der Waals surface area (Å²) in [5.74, 6) is -0.433. The molecular weight excluding hydrogens is 366 g/mol. The molecule has 1 aliphatic heterocycles. The lowest BCUT2D eigenvalue weighted by atomic mass is 10.1. The molecule has 0 unspecified atom stereocenters. The summed E-state index contributed by atoms with van der Waals surface area (Å²) in [6.07, 6.45) is 3.19. The molecule has 4 rings (SSSR count). The van der Waals surface area contributed by atoms with Crippen molar-refractivity contribution in [1.82, 2.24) is 19.8 Å². The van der Waals surface area contributed by atoms with Gasteiger partial charge in [0.05, 0.1) is 11.2 Å². The van der Waals surface area contributed by atoms with Gasteiger partial charge in [-0.15, -0.1) is 0 Å². The van der Waals surface area contributed by atoms with Gasteiger partial charge in [0, 0.05) is 49.5 Å². The largest absolute Gasteiger partial charge is 0.336 e. The molecule has 1 fully saturated rings. The smallest absolute Gasteiger partial charge is 0.274 e. The van der Waals surface area contributed by atoms with E-state index in [2.05, 4.69) is 27.1 Å². The molecule has 2 amide bonds. The van der Waals surface area contributed by atoms with Crippen LogP contribution >= 0.6 is 0 Å². The van der Waals surface area contributed by atoms with E-state index in [0.717, 1.165) is 25.0 Å². The summed E-state index contributed by atoms with van der Waals surface area (Å²) in [4.78, 5) is 38.2. The van der Waals surface area contributed by atoms with E-state index in [1.165, 1.54) is 6.20 Å². The molecule has 1 saturated heterocycles. The van der Waals surface area contributed by atoms with Crippen molar-refractivity contribution in [2.24, 2.45) is 0 Å². The molecule has 29 heavy (non-hydrogen) atoms. The first-order valence-corrected chi connectivity index (χ1v) is 9.78. The zero-order chi connectivity index (χ0) is 20.2. The van der Waals surface area contributed by atoms with E-state index >= 15 is 0 Å². The van der Waals surface area contributed by atoms with E-state index < -0.39 is 0 Å². The summed E-state index contributed by atoms with van der Waals surface area (Å²) in [5.41, 5.74) is 2.01. The lowest BCUT2D eigenvalue weighted by Gasteiger charge is -2.34. The third kappa shape index (κ3) is 4.09. The van der Waals surface area contributed by atoms with Crippen molar-refractivity contribution < 1.29 is 9.59 Å². The summed E-state index contributed by atoms with van der Waals surface area (Å²) in [5, 5.41) is 3.80. The van der Waals surface area contributed by atoms with Gasteiger partial charge in [0.25, 0.3) is 11.8 Å². The van der Waals surface area contributed by atoms with Crippen LogP contribution in [0, 0.1) is 0 Å². The fourth-order valence-corrected chi connectivity index (χ4v) is 3.53. The number of carbonyl (C=O) groups is 2. The third-order valence-electron chi connectivity index (χ3n) is 5.23. The van der Waals surface area contributed by atoms with Crippen LogP contribution in [0.25, 0.3) is 10.9 Å². The second-order valence-electron chi connectivity index (χ2n) is 6.99. The number of pyridine rings is 2. The Labute approximate surface area is 169 Å². The van der Waals surface area contributed by atoms with Crippen LogP contribution in [-0.4, -0.2) is 64.3 Å². The molecule has 0 aliphatic carbocycles. The quantitative estimate of drug-likeness (QED) is 0.742. The number of anilines is 1. The molecule has 3 heterocycles. The van der Waals surface area contributed by atoms with Gasteiger partial charge in [0.1, 0.15) is 5.69 Å². The lowest BCUT2D eigenvalue weighted by Crippen LogP contribution is -2.48. The fraction of sp³-hybridized carbons (Fsp3) is 0.273. The number of rotatable bonds is 4. The number of nitrogens with zero attached hydrogens (tertiary/aromatic N) is 4. The molecule has 0 saturated carbocycles. The summed E-state index contributed by atoms with van der Waals surface area (Å²) in [6.45, 7) is 6.24. The molecule has 148 valence electrons. The number of benzene rings is 1. The van der Waals surface area contributed by atoms with Crippen molar-refractivity contribution in [2.75, 3.05) is 38.0 Å². The first-order valence-electron chi connectivity index (χ1n) is 9.78. The first-order chi connectivity index (χ1) is 14.2. The van der Waals surface area contributed by atoms with Crippen LogP contribution in [0.5, 0.6) is 0 Å². The third-order valence-corrected chi connectivity index (χ3v) is 5.23. The SMILES string of the molecule is CCN1CCN(C(=O)c2ccnc(C(=O)Nc3cccc4cccnc34)c2)CC1. The van der Waals surface area contributed by atoms with Crippen LogP contribution < -0.4 is 5.32 Å². The Morgan fingerprint density at radius 1 is 1.00 bits per heavy atom. The lowest BCUT2D eigenvalue weighted by molar-refractivity contribution is 0.0643. The average Bonchev–Trinajstić information content (AvgIpc) is 2.79. The van der Waals surface area contributed by atoms with Gasteiger partial charge in [-0.3, -0.25) is 19.6 Å². The topological polar surface area (TPSA) is 78.4 Å². The summed E-state index contributed by atoms with van der Waals surface area (Å²) >= 11 is 0. The number of likely N-dealkylation sites (N-methyl/N-ethyl adjacent to an activating group) is 1. The highest BCUT2D eigenvalue weighted by atomic mass is 16.2. The van der Waals surface area contributed by atoms with Gasteiger partial charge < -0.3 is 15.1 Å². The van der Waals surface area contributed by atoms with E-state index in [1.807, 2.05) is 29.2 Å². The Hall–Kier alpha value is -3.32. The maximum Gasteiger partial charge on any atom is 0.274 e. The first kappa shape index (κ1) is 19.0. The zero-order valence-electron chi connectivity index (χ0n) is 16.3. The van der Waals surface area contributed by atoms with Crippen molar-refractivity contribution in [2.45, 2.75) is 6.92 Å². The van der Waals surface area contributed by atoms with Gasteiger partial charge >= 0.3 is 0 Å². The van der Waals surface area contributed by atoms with Gasteiger partial charge in [-0.05, 0) is 30.8 Å². The highest BCUT2D eigenvalue weighted by Crippen LogP contribution is 2.21. The number of para-hydroxylation sites is 1. The van der Waals surface area contributed by atoms with E-state index in [4.69, 9.17) is 0 Å². The Morgan fingerprint density at radius 3 is 2.59 bits per heavy atom. The molecule has 1 aromatic carbocycles. The van der Waals surface area contributed by atoms with Gasteiger partial charge in [-0.1, -0.05) is 25.1 Å². The van der Waals surface area contributed by atoms with Crippen LogP contribution in [-0.2, 0) is 0 Å². The number of aromatic nitrogens is 2. The highest BCUT2D eigenvalue weighted by molar-refractivity contribution is 6.08. The molecule has 1 aliphatic rings. The van der Waals surface area contributed by atoms with Gasteiger partial charge in [-0.2, -0.15) is 0 Å². The van der Waals surface area contributed by atoms with Crippen LogP contribution in [0.15, 0.2) is 54.9 Å². The highest BCUT2D eigenvalue weighted by Gasteiger charge is 2.22. The molecule has 1 N–H and O–H groups in total. The number of carbonyl (C=O) groups excluding carboxylic acids is 2. The van der Waals surface area contributed by atoms with Crippen LogP contribution in [0.4, 0.5) is 5.69 Å². The minimum absolute atomic E-state index is 0.0657. The molecule has 7 heteroatoms. The number of fused-ring (bicyclic) bond motifs is 1. The average molecular weight is 389 g/mol. The molecule has 2 aromatic heterocycles. The van der Waals surface area contributed by atoms with E-state index in [-0.39, 0.29) is 17.5 Å². The molecule has 7 nitrogen and oxygen atoms in total. The van der Waals surface area contributed by atoms with E-state index in [1.54, 1.807) is 24.4 Å². The molecule has 0 radical (unpaired) electrons. The predicted molar refractivity (Wildman–Crippen MR) is 112 cm³/mol. The number of nitrogens with one attached hydrogen (secondary N) is 1. The molecular formula is C22H23N5O2. The number of hydrogen-bond donors (Lipinski definition) is 1. The Bertz CT molecular complexity index is 1040. The molecule has 0 atom stereocenters. The maximum absolute atomic E-state index is 12.8. The van der Waals surface area contributed by atoms with Gasteiger partial charge in [-0.25, -0.2) is 0 Å². The number of hydrogen-bond acceptors (Lipinski definition) is 5. The molecule has 0 spiro atoms. The van der Waals surface area contributed by atoms with Crippen molar-refractivity contribution in [3.05, 3.63) is 66.1 Å². The Balaban J connectivity index is 1.51. The van der Waals surface area contributed by atoms with E-state index in [0.29, 0.717) is 29.9 Å². The second kappa shape index (κ2) is 8.36. The Kier molecular flexibility index (Phi) is 5.48. The standard InChI is InChI=1S/C22H23N5O2/c1-2-26-11-13-27(14-12-26)22(29)17-8-10-23-19(15-17)21(28)25-18-7-3-5-16-6-4-9-24-20(16)18/h3-10,15H,2,11-14H2,1H3,(H,25,28). The van der Waals surface area contributed by atoms with Crippen LogP contribution in [0.1, 0.15) is 27.8 Å². The van der Waals surface area contributed by atoms with Crippen molar-refractivity contribution in [1.29, 1.82) is 0 Å². The monoisotopic (exact) mass is 389 g/mol. The summed E-state index contributed by atoms with van der Waals surface area (Å²) < 4.78 is 0. The molecule has 3 aromatic rings. The summed E-state index contributed by atoms with van der Waals surface area (Å²) in [6, 6.07) is 12.6. The minimum atomic E-state index is -0.367. The van der Waals surface area contributed by atoms with Gasteiger partial charge in [0.15, 0.2) is 0 Å². The second-order valence-corrected chi connectivity index (χ2v) is 6.99. The number of piperazine rings is 1. The van der Waals surface area contributed by atoms with Gasteiger partial charge in [0.2, 0.25) is 0 Å². The van der Waals surface area contributed by atoms with Crippen molar-refractivity contribution in [3.8, 4) is 0 Å². The van der Waals surface area contributed by atoms with Crippen LogP contribution in [0.2, 0.25) is 0 Å². The zero-order valence-corrected chi connectivity index (χ0v) is 16.3. The van der Waals surface area contributed by atoms with Crippen LogP contribution in [0.3, 0.4) is 0 Å². The molecule has 0 bridgehead atoms. The summed E-state index contributed by atoms with van der Waals surface area (Å²) in [7, 11) is 0. The predicted octanol–water partition coefficient (Wildman–Crippen LogP) is 2.66. The minimum Gasteiger partial charge on any atom is -0.336 e.